The van der Waals surface area contributed by atoms with Crippen LogP contribution in [0.25, 0.3) is 77.1 Å². The first kappa shape index (κ1) is 29.8. The SMILES string of the molecule is c1ccc(-c2ccc(N(c3ccccc3)c3nc(-c4cc(-c5ccccc5)cc5oc6cc7ccccc7cc6c45)c4ccccc4n3)cc2)cc1. The van der Waals surface area contributed by atoms with Crippen molar-refractivity contribution in [3.63, 3.8) is 0 Å². The Bertz CT molecular complexity index is 2880. The van der Waals surface area contributed by atoms with Gasteiger partial charge in [0.2, 0.25) is 5.95 Å². The molecule has 0 fully saturated rings. The van der Waals surface area contributed by atoms with Gasteiger partial charge in [0, 0.05) is 33.1 Å². The minimum Gasteiger partial charge on any atom is -0.456 e. The molecule has 0 saturated heterocycles. The predicted octanol–water partition coefficient (Wildman–Crippen LogP) is 13.2. The van der Waals surface area contributed by atoms with E-state index in [-0.39, 0.29) is 0 Å². The van der Waals surface area contributed by atoms with Crippen LogP contribution in [0.3, 0.4) is 0 Å². The highest BCUT2D eigenvalue weighted by atomic mass is 16.3. The fraction of sp³-hybridized carbons (Fsp3) is 0. The number of nitrogens with zero attached hydrogens (tertiary/aromatic N) is 3. The van der Waals surface area contributed by atoms with Crippen LogP contribution in [0.4, 0.5) is 17.3 Å². The molecule has 0 spiro atoms. The van der Waals surface area contributed by atoms with Crippen LogP contribution in [0.5, 0.6) is 0 Å². The summed E-state index contributed by atoms with van der Waals surface area (Å²) in [5.74, 6) is 0.587. The zero-order chi connectivity index (χ0) is 34.4. The van der Waals surface area contributed by atoms with Crippen molar-refractivity contribution in [3.05, 3.63) is 188 Å². The van der Waals surface area contributed by atoms with Crippen LogP contribution in [0.1, 0.15) is 0 Å². The Morgan fingerprint density at radius 3 is 1.71 bits per heavy atom. The molecule has 0 radical (unpaired) electrons. The number of anilines is 3. The molecule has 0 aliphatic rings. The average Bonchev–Trinajstić information content (AvgIpc) is 3.58. The van der Waals surface area contributed by atoms with Gasteiger partial charge < -0.3 is 4.42 Å². The van der Waals surface area contributed by atoms with Gasteiger partial charge in [-0.15, -0.1) is 0 Å². The Morgan fingerprint density at radius 2 is 0.981 bits per heavy atom. The van der Waals surface area contributed by atoms with Gasteiger partial charge in [-0.05, 0) is 87.6 Å². The zero-order valence-electron chi connectivity index (χ0n) is 28.1. The molecule has 4 nitrogen and oxygen atoms in total. The van der Waals surface area contributed by atoms with Crippen molar-refractivity contribution in [2.75, 3.05) is 4.90 Å². The summed E-state index contributed by atoms with van der Waals surface area (Å²) in [6.45, 7) is 0. The second kappa shape index (κ2) is 12.4. The van der Waals surface area contributed by atoms with Crippen LogP contribution in [-0.4, -0.2) is 9.97 Å². The molecule has 0 atom stereocenters. The molecule has 52 heavy (non-hydrogen) atoms. The second-order valence-corrected chi connectivity index (χ2v) is 13.0. The third-order valence-corrected chi connectivity index (χ3v) is 9.84. The van der Waals surface area contributed by atoms with E-state index in [0.717, 1.165) is 77.6 Å². The van der Waals surface area contributed by atoms with E-state index in [1.807, 2.05) is 24.3 Å². The summed E-state index contributed by atoms with van der Waals surface area (Å²) in [5, 5.41) is 5.38. The molecule has 8 aromatic carbocycles. The van der Waals surface area contributed by atoms with Crippen LogP contribution < -0.4 is 4.90 Å². The molecule has 244 valence electrons. The quantitative estimate of drug-likeness (QED) is 0.177. The number of furan rings is 1. The minimum atomic E-state index is 0.587. The summed E-state index contributed by atoms with van der Waals surface area (Å²) < 4.78 is 6.71. The number of rotatable bonds is 6. The Hall–Kier alpha value is -7.04. The molecule has 10 rings (SSSR count). The maximum Gasteiger partial charge on any atom is 0.235 e. The van der Waals surface area contributed by atoms with Gasteiger partial charge in [-0.3, -0.25) is 4.90 Å². The molecule has 0 bridgehead atoms. The summed E-state index contributed by atoms with van der Waals surface area (Å²) >= 11 is 0. The van der Waals surface area contributed by atoms with Crippen molar-refractivity contribution in [2.45, 2.75) is 0 Å². The zero-order valence-corrected chi connectivity index (χ0v) is 28.1. The number of fused-ring (bicyclic) bond motifs is 5. The molecule has 2 aromatic heterocycles. The van der Waals surface area contributed by atoms with E-state index >= 15 is 0 Å². The normalized spacial score (nSPS) is 11.5. The topological polar surface area (TPSA) is 42.2 Å². The van der Waals surface area contributed by atoms with Gasteiger partial charge in [-0.1, -0.05) is 133 Å². The first-order valence-electron chi connectivity index (χ1n) is 17.5. The monoisotopic (exact) mass is 665 g/mol. The maximum absolute atomic E-state index is 6.71. The van der Waals surface area contributed by atoms with Crippen molar-refractivity contribution in [1.82, 2.24) is 9.97 Å². The Balaban J connectivity index is 1.25. The highest BCUT2D eigenvalue weighted by Crippen LogP contribution is 2.44. The molecule has 2 heterocycles. The maximum atomic E-state index is 6.71. The largest absolute Gasteiger partial charge is 0.456 e. The first-order valence-corrected chi connectivity index (χ1v) is 17.5. The van der Waals surface area contributed by atoms with E-state index in [9.17, 15) is 0 Å². The molecule has 4 heteroatoms. The molecular formula is C48H31N3O. The fourth-order valence-corrected chi connectivity index (χ4v) is 7.34. The molecule has 0 amide bonds. The number of aromatic nitrogens is 2. The highest BCUT2D eigenvalue weighted by molar-refractivity contribution is 6.18. The first-order chi connectivity index (χ1) is 25.8. The van der Waals surface area contributed by atoms with Crippen LogP contribution in [0.15, 0.2) is 192 Å². The second-order valence-electron chi connectivity index (χ2n) is 13.0. The third-order valence-electron chi connectivity index (χ3n) is 9.84. The lowest BCUT2D eigenvalue weighted by molar-refractivity contribution is 0.669. The van der Waals surface area contributed by atoms with Gasteiger partial charge in [-0.2, -0.15) is 0 Å². The van der Waals surface area contributed by atoms with Crippen molar-refractivity contribution in [3.8, 4) is 33.5 Å². The van der Waals surface area contributed by atoms with E-state index in [2.05, 4.69) is 169 Å². The van der Waals surface area contributed by atoms with Crippen molar-refractivity contribution < 1.29 is 4.42 Å². The minimum absolute atomic E-state index is 0.587. The molecule has 0 N–H and O–H groups in total. The van der Waals surface area contributed by atoms with E-state index in [4.69, 9.17) is 14.4 Å². The van der Waals surface area contributed by atoms with Gasteiger partial charge in [0.1, 0.15) is 11.2 Å². The summed E-state index contributed by atoms with van der Waals surface area (Å²) in [6, 6.07) is 65.5. The Morgan fingerprint density at radius 1 is 0.404 bits per heavy atom. The predicted molar refractivity (Wildman–Crippen MR) is 215 cm³/mol. The average molecular weight is 666 g/mol. The smallest absolute Gasteiger partial charge is 0.235 e. The van der Waals surface area contributed by atoms with Crippen LogP contribution >= 0.6 is 0 Å². The molecule has 0 unspecified atom stereocenters. The summed E-state index contributed by atoms with van der Waals surface area (Å²) in [6.07, 6.45) is 0. The summed E-state index contributed by atoms with van der Waals surface area (Å²) in [7, 11) is 0. The molecule has 0 aliphatic carbocycles. The standard InChI is InChI=1S/C48H31N3O/c1-4-14-32(15-5-1)34-24-26-39(27-25-34)51(38-20-8-3-9-21-38)48-49-43-23-13-12-22-40(43)47(50-48)42-29-37(33-16-6-2-7-17-33)31-45-46(42)41-28-35-18-10-11-19-36(35)30-44(41)52-45/h1-31H. The van der Waals surface area contributed by atoms with Crippen LogP contribution in [0.2, 0.25) is 0 Å². The summed E-state index contributed by atoms with van der Waals surface area (Å²) in [4.78, 5) is 12.9. The van der Waals surface area contributed by atoms with E-state index < -0.39 is 0 Å². The van der Waals surface area contributed by atoms with Gasteiger partial charge in [0.15, 0.2) is 0 Å². The molecule has 0 aliphatic heterocycles. The van der Waals surface area contributed by atoms with Crippen molar-refractivity contribution in [2.24, 2.45) is 0 Å². The number of hydrogen-bond acceptors (Lipinski definition) is 4. The number of para-hydroxylation sites is 2. The van der Waals surface area contributed by atoms with E-state index in [0.29, 0.717) is 5.95 Å². The Labute approximate surface area is 300 Å². The van der Waals surface area contributed by atoms with Gasteiger partial charge >= 0.3 is 0 Å². The molecule has 0 saturated carbocycles. The van der Waals surface area contributed by atoms with E-state index in [1.165, 1.54) is 10.9 Å². The summed E-state index contributed by atoms with van der Waals surface area (Å²) in [5.41, 5.74) is 10.8. The van der Waals surface area contributed by atoms with Crippen molar-refractivity contribution >= 4 is 60.9 Å². The van der Waals surface area contributed by atoms with Crippen LogP contribution in [-0.2, 0) is 0 Å². The molecule has 10 aromatic rings. The van der Waals surface area contributed by atoms with Gasteiger partial charge in [-0.25, -0.2) is 9.97 Å². The lowest BCUT2D eigenvalue weighted by Crippen LogP contribution is -2.14. The van der Waals surface area contributed by atoms with Crippen molar-refractivity contribution in [1.29, 1.82) is 0 Å². The third kappa shape index (κ3) is 5.17. The molecular weight excluding hydrogens is 635 g/mol. The lowest BCUT2D eigenvalue weighted by Gasteiger charge is -2.24. The van der Waals surface area contributed by atoms with Gasteiger partial charge in [0.25, 0.3) is 0 Å². The fourth-order valence-electron chi connectivity index (χ4n) is 7.34. The Kier molecular flexibility index (Phi) is 7.10. The highest BCUT2D eigenvalue weighted by Gasteiger charge is 2.23. The number of benzene rings is 8. The van der Waals surface area contributed by atoms with Gasteiger partial charge in [0.05, 0.1) is 11.2 Å². The lowest BCUT2D eigenvalue weighted by atomic mass is 9.95. The number of hydrogen-bond donors (Lipinski definition) is 0. The van der Waals surface area contributed by atoms with E-state index in [1.54, 1.807) is 0 Å². The van der Waals surface area contributed by atoms with Crippen LogP contribution in [0, 0.1) is 0 Å².